The van der Waals surface area contributed by atoms with E-state index in [9.17, 15) is 13.2 Å². The lowest BCUT2D eigenvalue weighted by atomic mass is 10.2. The van der Waals surface area contributed by atoms with Crippen molar-refractivity contribution in [3.63, 3.8) is 0 Å². The molecule has 34 heavy (non-hydrogen) atoms. The van der Waals surface area contributed by atoms with E-state index >= 15 is 0 Å². The van der Waals surface area contributed by atoms with E-state index in [1.807, 2.05) is 36.2 Å². The lowest BCUT2D eigenvalue weighted by Crippen LogP contribution is -2.43. The third-order valence-corrected chi connectivity index (χ3v) is 7.90. The summed E-state index contributed by atoms with van der Waals surface area (Å²) in [6.07, 6.45) is 3.16. The van der Waals surface area contributed by atoms with E-state index in [1.54, 1.807) is 35.2 Å². The summed E-state index contributed by atoms with van der Waals surface area (Å²) in [6, 6.07) is 14.1. The van der Waals surface area contributed by atoms with Crippen molar-refractivity contribution in [2.45, 2.75) is 4.90 Å². The van der Waals surface area contributed by atoms with Gasteiger partial charge < -0.3 is 9.64 Å². The summed E-state index contributed by atoms with van der Waals surface area (Å²) in [6.45, 7) is 2.64. The molecule has 0 atom stereocenters. The van der Waals surface area contributed by atoms with Gasteiger partial charge in [0.05, 0.1) is 29.1 Å². The average Bonchev–Trinajstić information content (AvgIpc) is 2.87. The number of anilines is 2. The highest BCUT2D eigenvalue weighted by molar-refractivity contribution is 7.89. The van der Waals surface area contributed by atoms with Crippen LogP contribution in [0.3, 0.4) is 0 Å². The lowest BCUT2D eigenvalue weighted by Gasteiger charge is -2.33. The summed E-state index contributed by atoms with van der Waals surface area (Å²) in [7, 11) is -1.61. The number of rotatable bonds is 4. The number of likely N-dealkylation sites (N-methyl/N-ethyl adjacent to an activating group) is 1. The summed E-state index contributed by atoms with van der Waals surface area (Å²) < 4.78 is 32.2. The molecule has 2 aliphatic heterocycles. The van der Waals surface area contributed by atoms with Gasteiger partial charge in [-0.1, -0.05) is 24.3 Å². The molecule has 3 aromatic rings. The summed E-state index contributed by atoms with van der Waals surface area (Å²) in [4.78, 5) is 26.3. The number of sulfonamides is 1. The predicted octanol–water partition coefficient (Wildman–Crippen LogP) is 2.15. The smallest absolute Gasteiger partial charge is 0.252 e. The SMILES string of the molecule is CN1CCN(C(=O)/C=C/c2ccc(S(=O)(=O)N3CCOCC3)cc2)c2nc3ccccc3nc21. The average molecular weight is 480 g/mol. The zero-order chi connectivity index (χ0) is 23.7. The molecule has 9 nitrogen and oxygen atoms in total. The molecule has 0 unspecified atom stereocenters. The zero-order valence-electron chi connectivity index (χ0n) is 18.8. The number of hydrogen-bond donors (Lipinski definition) is 0. The van der Waals surface area contributed by atoms with Crippen molar-refractivity contribution in [2.24, 2.45) is 0 Å². The molecule has 2 aromatic carbocycles. The van der Waals surface area contributed by atoms with Crippen LogP contribution in [-0.2, 0) is 19.6 Å². The van der Waals surface area contributed by atoms with Gasteiger partial charge in [0.15, 0.2) is 11.6 Å². The maximum absolute atomic E-state index is 13.0. The molecule has 1 aromatic heterocycles. The van der Waals surface area contributed by atoms with Gasteiger partial charge in [0.25, 0.3) is 5.91 Å². The standard InChI is InChI=1S/C24H25N5O4S/c1-27-12-13-29(24-23(27)25-20-4-2-3-5-21(20)26-24)22(30)11-8-18-6-9-19(10-7-18)34(31,32)28-14-16-33-17-15-28/h2-11H,12-17H2,1H3/b11-8+. The Bertz CT molecular complexity index is 1350. The van der Waals surface area contributed by atoms with Crippen molar-refractivity contribution < 1.29 is 17.9 Å². The van der Waals surface area contributed by atoms with Gasteiger partial charge in [-0.2, -0.15) is 4.31 Å². The first kappa shape index (κ1) is 22.5. The number of amides is 1. The van der Waals surface area contributed by atoms with E-state index in [2.05, 4.69) is 0 Å². The molecule has 0 bridgehead atoms. The van der Waals surface area contributed by atoms with E-state index < -0.39 is 10.0 Å². The molecule has 176 valence electrons. The van der Waals surface area contributed by atoms with Crippen LogP contribution in [-0.4, -0.2) is 75.0 Å². The number of benzene rings is 2. The van der Waals surface area contributed by atoms with E-state index in [0.29, 0.717) is 51.0 Å². The van der Waals surface area contributed by atoms with Crippen LogP contribution in [0.25, 0.3) is 17.1 Å². The molecule has 0 spiro atoms. The second kappa shape index (κ2) is 9.13. The summed E-state index contributed by atoms with van der Waals surface area (Å²) in [5.74, 6) is 1.00. The number of hydrogen-bond acceptors (Lipinski definition) is 7. The minimum atomic E-state index is -3.55. The van der Waals surface area contributed by atoms with Crippen molar-refractivity contribution in [1.29, 1.82) is 0 Å². The topological polar surface area (TPSA) is 95.9 Å². The van der Waals surface area contributed by atoms with Crippen molar-refractivity contribution in [2.75, 3.05) is 56.2 Å². The Morgan fingerprint density at radius 1 is 0.912 bits per heavy atom. The summed E-state index contributed by atoms with van der Waals surface area (Å²) in [5, 5.41) is 0. The monoisotopic (exact) mass is 479 g/mol. The molecule has 5 rings (SSSR count). The number of fused-ring (bicyclic) bond motifs is 2. The first-order chi connectivity index (χ1) is 16.4. The molecule has 10 heteroatoms. The molecular weight excluding hydrogens is 454 g/mol. The van der Waals surface area contributed by atoms with Crippen LogP contribution < -0.4 is 9.80 Å². The van der Waals surface area contributed by atoms with Crippen LogP contribution in [0.1, 0.15) is 5.56 Å². The number of aromatic nitrogens is 2. The van der Waals surface area contributed by atoms with Gasteiger partial charge in [0.2, 0.25) is 10.0 Å². The predicted molar refractivity (Wildman–Crippen MR) is 130 cm³/mol. The Morgan fingerprint density at radius 3 is 2.24 bits per heavy atom. The summed E-state index contributed by atoms with van der Waals surface area (Å²) in [5.41, 5.74) is 2.24. The molecule has 0 aliphatic carbocycles. The van der Waals surface area contributed by atoms with Crippen LogP contribution in [0, 0.1) is 0 Å². The number of nitrogens with zero attached hydrogens (tertiary/aromatic N) is 5. The van der Waals surface area contributed by atoms with Gasteiger partial charge in [-0.05, 0) is 35.9 Å². The third-order valence-electron chi connectivity index (χ3n) is 5.98. The quantitative estimate of drug-likeness (QED) is 0.529. The lowest BCUT2D eigenvalue weighted by molar-refractivity contribution is -0.114. The Kier molecular flexibility index (Phi) is 6.03. The van der Waals surface area contributed by atoms with E-state index in [4.69, 9.17) is 14.7 Å². The number of para-hydroxylation sites is 2. The van der Waals surface area contributed by atoms with Gasteiger partial charge >= 0.3 is 0 Å². The maximum Gasteiger partial charge on any atom is 0.252 e. The fraction of sp³-hybridized carbons (Fsp3) is 0.292. The Morgan fingerprint density at radius 2 is 1.56 bits per heavy atom. The second-order valence-electron chi connectivity index (χ2n) is 8.19. The number of morpholine rings is 1. The summed E-state index contributed by atoms with van der Waals surface area (Å²) >= 11 is 0. The van der Waals surface area contributed by atoms with Gasteiger partial charge in [-0.3, -0.25) is 9.69 Å². The molecule has 2 aliphatic rings. The van der Waals surface area contributed by atoms with E-state index in [1.165, 1.54) is 10.4 Å². The molecule has 1 amide bonds. The number of carbonyl (C=O) groups excluding carboxylic acids is 1. The van der Waals surface area contributed by atoms with Crippen LogP contribution in [0.2, 0.25) is 0 Å². The van der Waals surface area contributed by atoms with Gasteiger partial charge in [-0.25, -0.2) is 18.4 Å². The van der Waals surface area contributed by atoms with E-state index in [0.717, 1.165) is 16.6 Å². The van der Waals surface area contributed by atoms with Gasteiger partial charge in [-0.15, -0.1) is 0 Å². The highest BCUT2D eigenvalue weighted by Crippen LogP contribution is 2.30. The third kappa shape index (κ3) is 4.27. The molecule has 1 saturated heterocycles. The minimum absolute atomic E-state index is 0.205. The number of ether oxygens (including phenoxy) is 1. The molecule has 3 heterocycles. The molecule has 0 radical (unpaired) electrons. The van der Waals surface area contributed by atoms with Crippen molar-refractivity contribution in [1.82, 2.24) is 14.3 Å². The van der Waals surface area contributed by atoms with Crippen LogP contribution in [0.15, 0.2) is 59.5 Å². The van der Waals surface area contributed by atoms with Crippen LogP contribution in [0.4, 0.5) is 11.6 Å². The minimum Gasteiger partial charge on any atom is -0.379 e. The zero-order valence-corrected chi connectivity index (χ0v) is 19.6. The molecular formula is C24H25N5O4S. The van der Waals surface area contributed by atoms with Crippen LogP contribution >= 0.6 is 0 Å². The van der Waals surface area contributed by atoms with E-state index in [-0.39, 0.29) is 10.8 Å². The highest BCUT2D eigenvalue weighted by atomic mass is 32.2. The fourth-order valence-corrected chi connectivity index (χ4v) is 5.45. The largest absolute Gasteiger partial charge is 0.379 e. The fourth-order valence-electron chi connectivity index (χ4n) is 4.04. The first-order valence-corrected chi connectivity index (χ1v) is 12.5. The Hall–Kier alpha value is -3.34. The second-order valence-corrected chi connectivity index (χ2v) is 10.1. The van der Waals surface area contributed by atoms with Crippen molar-refractivity contribution in [3.05, 3.63) is 60.2 Å². The normalized spacial score (nSPS) is 17.3. The Balaban J connectivity index is 1.35. The first-order valence-electron chi connectivity index (χ1n) is 11.1. The molecule has 1 fully saturated rings. The number of carbonyl (C=O) groups is 1. The molecule has 0 saturated carbocycles. The van der Waals surface area contributed by atoms with Gasteiger partial charge in [0.1, 0.15) is 0 Å². The van der Waals surface area contributed by atoms with Gasteiger partial charge in [0, 0.05) is 39.3 Å². The highest BCUT2D eigenvalue weighted by Gasteiger charge is 2.28. The van der Waals surface area contributed by atoms with Crippen LogP contribution in [0.5, 0.6) is 0 Å². The molecule has 0 N–H and O–H groups in total. The van der Waals surface area contributed by atoms with Crippen molar-refractivity contribution >= 4 is 44.7 Å². The Labute approximate surface area is 198 Å². The van der Waals surface area contributed by atoms with Crippen molar-refractivity contribution in [3.8, 4) is 0 Å². The maximum atomic E-state index is 13.0.